The largest absolute Gasteiger partial charge is 0.493 e. The average molecular weight is 235 g/mol. The van der Waals surface area contributed by atoms with Crippen LogP contribution in [0, 0.1) is 0 Å². The lowest BCUT2D eigenvalue weighted by molar-refractivity contribution is 0.327. The zero-order valence-corrected chi connectivity index (χ0v) is 10.7. The van der Waals surface area contributed by atoms with Crippen LogP contribution in [0.1, 0.15) is 27.2 Å². The molecule has 0 aliphatic heterocycles. The standard InChI is InChI=1S/C13H21N3O/c1-13(2,3)15-12(16-14)9-10-17-11-7-5-4-6-8-11/h4-8H,9-10,14H2,1-3H3,(H,15,16). The minimum absolute atomic E-state index is 0.131. The summed E-state index contributed by atoms with van der Waals surface area (Å²) in [5.74, 6) is 7.04. The Bertz CT molecular complexity index is 355. The van der Waals surface area contributed by atoms with Crippen LogP contribution >= 0.6 is 0 Å². The number of rotatable bonds is 4. The predicted molar refractivity (Wildman–Crippen MR) is 71.1 cm³/mol. The van der Waals surface area contributed by atoms with Crippen LogP contribution in [0.2, 0.25) is 0 Å². The maximum Gasteiger partial charge on any atom is 0.119 e. The van der Waals surface area contributed by atoms with Crippen molar-refractivity contribution in [1.82, 2.24) is 5.43 Å². The van der Waals surface area contributed by atoms with E-state index < -0.39 is 0 Å². The van der Waals surface area contributed by atoms with Crippen molar-refractivity contribution in [2.75, 3.05) is 6.61 Å². The third kappa shape index (κ3) is 5.92. The number of nitrogens with two attached hydrogens (primary N) is 1. The number of nitrogens with zero attached hydrogens (tertiary/aromatic N) is 1. The molecule has 0 aromatic heterocycles. The molecule has 0 unspecified atom stereocenters. The summed E-state index contributed by atoms with van der Waals surface area (Å²) < 4.78 is 5.58. The Morgan fingerprint density at radius 1 is 1.29 bits per heavy atom. The van der Waals surface area contributed by atoms with E-state index in [1.165, 1.54) is 0 Å². The van der Waals surface area contributed by atoms with Crippen molar-refractivity contribution in [3.05, 3.63) is 30.3 Å². The Balaban J connectivity index is 2.42. The third-order valence-electron chi connectivity index (χ3n) is 1.99. The molecule has 0 saturated heterocycles. The van der Waals surface area contributed by atoms with E-state index in [2.05, 4.69) is 10.4 Å². The van der Waals surface area contributed by atoms with Crippen LogP contribution < -0.4 is 16.0 Å². The first-order valence-electron chi connectivity index (χ1n) is 5.74. The van der Waals surface area contributed by atoms with Crippen molar-refractivity contribution in [2.24, 2.45) is 10.8 Å². The van der Waals surface area contributed by atoms with Gasteiger partial charge in [0.05, 0.1) is 12.1 Å². The molecule has 4 nitrogen and oxygen atoms in total. The van der Waals surface area contributed by atoms with Gasteiger partial charge in [-0.1, -0.05) is 18.2 Å². The number of hydrogen-bond acceptors (Lipinski definition) is 3. The monoisotopic (exact) mass is 235 g/mol. The first-order valence-corrected chi connectivity index (χ1v) is 5.74. The number of ether oxygens (including phenoxy) is 1. The second-order valence-electron chi connectivity index (χ2n) is 4.79. The van der Waals surface area contributed by atoms with E-state index in [9.17, 15) is 0 Å². The van der Waals surface area contributed by atoms with Crippen LogP contribution in [-0.4, -0.2) is 18.0 Å². The first kappa shape index (κ1) is 13.5. The summed E-state index contributed by atoms with van der Waals surface area (Å²) in [6.45, 7) is 6.65. The van der Waals surface area contributed by atoms with E-state index in [-0.39, 0.29) is 5.54 Å². The SMILES string of the molecule is CC(C)(C)N=C(CCOc1ccccc1)NN. The third-order valence-corrected chi connectivity index (χ3v) is 1.99. The minimum atomic E-state index is -0.131. The molecule has 0 aliphatic rings. The quantitative estimate of drug-likeness (QED) is 0.364. The van der Waals surface area contributed by atoms with Crippen LogP contribution in [0.3, 0.4) is 0 Å². The summed E-state index contributed by atoms with van der Waals surface area (Å²) >= 11 is 0. The Morgan fingerprint density at radius 2 is 1.94 bits per heavy atom. The van der Waals surface area contributed by atoms with Gasteiger partial charge in [0.15, 0.2) is 0 Å². The van der Waals surface area contributed by atoms with Gasteiger partial charge in [-0.15, -0.1) is 0 Å². The summed E-state index contributed by atoms with van der Waals surface area (Å²) in [6.07, 6.45) is 0.669. The lowest BCUT2D eigenvalue weighted by Gasteiger charge is -2.15. The molecule has 94 valence electrons. The molecule has 0 saturated carbocycles. The van der Waals surface area contributed by atoms with Crippen molar-refractivity contribution >= 4 is 5.84 Å². The van der Waals surface area contributed by atoms with Gasteiger partial charge >= 0.3 is 0 Å². The van der Waals surface area contributed by atoms with E-state index in [0.717, 1.165) is 11.6 Å². The molecule has 0 bridgehead atoms. The molecule has 0 spiro atoms. The predicted octanol–water partition coefficient (Wildman–Crippen LogP) is 2.12. The molecule has 1 aromatic rings. The number of aliphatic imine (C=N–C) groups is 1. The van der Waals surface area contributed by atoms with Gasteiger partial charge in [0.1, 0.15) is 11.6 Å². The fourth-order valence-electron chi connectivity index (χ4n) is 1.35. The zero-order valence-electron chi connectivity index (χ0n) is 10.7. The molecule has 4 heteroatoms. The lowest BCUT2D eigenvalue weighted by Crippen LogP contribution is -2.34. The van der Waals surface area contributed by atoms with Crippen molar-refractivity contribution in [2.45, 2.75) is 32.7 Å². The number of amidine groups is 1. The summed E-state index contributed by atoms with van der Waals surface area (Å²) in [5.41, 5.74) is 2.48. The van der Waals surface area contributed by atoms with Crippen LogP contribution in [0.5, 0.6) is 5.75 Å². The van der Waals surface area contributed by atoms with Crippen LogP contribution in [0.25, 0.3) is 0 Å². The highest BCUT2D eigenvalue weighted by Crippen LogP contribution is 2.10. The Hall–Kier alpha value is -1.55. The molecule has 3 N–H and O–H groups in total. The second kappa shape index (κ2) is 6.25. The molecule has 0 aliphatic carbocycles. The lowest BCUT2D eigenvalue weighted by atomic mass is 10.1. The number of hydrazine groups is 1. The Morgan fingerprint density at radius 3 is 2.47 bits per heavy atom. The van der Waals surface area contributed by atoms with Crippen molar-refractivity contribution in [3.63, 3.8) is 0 Å². The topological polar surface area (TPSA) is 59.6 Å². The van der Waals surface area contributed by atoms with Gasteiger partial charge < -0.3 is 10.2 Å². The van der Waals surface area contributed by atoms with Gasteiger partial charge in [-0.05, 0) is 32.9 Å². The van der Waals surface area contributed by atoms with Crippen LogP contribution in [0.15, 0.2) is 35.3 Å². The van der Waals surface area contributed by atoms with Gasteiger partial charge in [-0.25, -0.2) is 5.84 Å². The smallest absolute Gasteiger partial charge is 0.119 e. The average Bonchev–Trinajstić information content (AvgIpc) is 2.27. The maximum absolute atomic E-state index is 5.58. The van der Waals surface area contributed by atoms with Gasteiger partial charge in [-0.2, -0.15) is 0 Å². The van der Waals surface area contributed by atoms with E-state index in [0.29, 0.717) is 13.0 Å². The Kier molecular flexibility index (Phi) is 4.97. The van der Waals surface area contributed by atoms with Gasteiger partial charge in [-0.3, -0.25) is 4.99 Å². The molecule has 0 heterocycles. The van der Waals surface area contributed by atoms with Gasteiger partial charge in [0.2, 0.25) is 0 Å². The van der Waals surface area contributed by atoms with Crippen molar-refractivity contribution in [3.8, 4) is 5.75 Å². The molecule has 0 atom stereocenters. The molecule has 17 heavy (non-hydrogen) atoms. The van der Waals surface area contributed by atoms with E-state index >= 15 is 0 Å². The molecule has 0 radical (unpaired) electrons. The van der Waals surface area contributed by atoms with Gasteiger partial charge in [0, 0.05) is 6.42 Å². The van der Waals surface area contributed by atoms with Crippen molar-refractivity contribution < 1.29 is 4.74 Å². The molecular formula is C13H21N3O. The van der Waals surface area contributed by atoms with Gasteiger partial charge in [0.25, 0.3) is 0 Å². The number of hydrogen-bond donors (Lipinski definition) is 2. The highest BCUT2D eigenvalue weighted by Gasteiger charge is 2.09. The fraction of sp³-hybridized carbons (Fsp3) is 0.462. The molecule has 1 rings (SSSR count). The van der Waals surface area contributed by atoms with E-state index in [1.807, 2.05) is 51.1 Å². The summed E-state index contributed by atoms with van der Waals surface area (Å²) in [4.78, 5) is 4.46. The first-order chi connectivity index (χ1) is 8.01. The number of benzene rings is 1. The van der Waals surface area contributed by atoms with Crippen LogP contribution in [0.4, 0.5) is 0 Å². The molecular weight excluding hydrogens is 214 g/mol. The molecule has 1 aromatic carbocycles. The maximum atomic E-state index is 5.58. The van der Waals surface area contributed by atoms with E-state index in [1.54, 1.807) is 0 Å². The summed E-state index contributed by atoms with van der Waals surface area (Å²) in [5, 5.41) is 0. The molecule has 0 amide bonds. The fourth-order valence-corrected chi connectivity index (χ4v) is 1.35. The second-order valence-corrected chi connectivity index (χ2v) is 4.79. The number of para-hydroxylation sites is 1. The molecule has 0 fully saturated rings. The normalized spacial score (nSPS) is 12.4. The highest BCUT2D eigenvalue weighted by atomic mass is 16.5. The minimum Gasteiger partial charge on any atom is -0.493 e. The summed E-state index contributed by atoms with van der Waals surface area (Å²) in [7, 11) is 0. The van der Waals surface area contributed by atoms with Crippen LogP contribution in [-0.2, 0) is 0 Å². The number of nitrogens with one attached hydrogen (secondary N) is 1. The Labute approximate surface area is 103 Å². The zero-order chi connectivity index (χ0) is 12.7. The summed E-state index contributed by atoms with van der Waals surface area (Å²) in [6, 6.07) is 9.70. The van der Waals surface area contributed by atoms with Crippen molar-refractivity contribution in [1.29, 1.82) is 0 Å². The highest BCUT2D eigenvalue weighted by molar-refractivity contribution is 5.82. The van der Waals surface area contributed by atoms with E-state index in [4.69, 9.17) is 10.6 Å².